The number of nitrogens with one attached hydrogen (secondary N) is 1. The summed E-state index contributed by atoms with van der Waals surface area (Å²) < 4.78 is 5.98. The van der Waals surface area contributed by atoms with E-state index in [9.17, 15) is 0 Å². The predicted molar refractivity (Wildman–Crippen MR) is 93.0 cm³/mol. The largest absolute Gasteiger partial charge is 0.372 e. The fourth-order valence-electron chi connectivity index (χ4n) is 2.91. The Hall–Kier alpha value is -1.64. The van der Waals surface area contributed by atoms with Gasteiger partial charge in [-0.1, -0.05) is 60.7 Å². The van der Waals surface area contributed by atoms with Gasteiger partial charge in [-0.3, -0.25) is 0 Å². The van der Waals surface area contributed by atoms with Crippen LogP contribution in [0, 0.1) is 0 Å². The highest BCUT2D eigenvalue weighted by atomic mass is 16.5. The minimum Gasteiger partial charge on any atom is -0.372 e. The maximum Gasteiger partial charge on any atom is 0.0974 e. The molecule has 2 aromatic rings. The molecular formula is C20H27NO. The summed E-state index contributed by atoms with van der Waals surface area (Å²) >= 11 is 0. The van der Waals surface area contributed by atoms with Crippen LogP contribution in [0.3, 0.4) is 0 Å². The van der Waals surface area contributed by atoms with E-state index in [1.807, 2.05) is 6.07 Å². The summed E-state index contributed by atoms with van der Waals surface area (Å²) in [6.45, 7) is 7.21. The molecule has 0 aliphatic carbocycles. The Labute approximate surface area is 134 Å². The van der Waals surface area contributed by atoms with E-state index < -0.39 is 0 Å². The van der Waals surface area contributed by atoms with E-state index >= 15 is 0 Å². The maximum atomic E-state index is 5.98. The lowest BCUT2D eigenvalue weighted by Gasteiger charge is -2.28. The molecule has 0 saturated heterocycles. The van der Waals surface area contributed by atoms with Gasteiger partial charge >= 0.3 is 0 Å². The lowest BCUT2D eigenvalue weighted by molar-refractivity contribution is 0.0353. The van der Waals surface area contributed by atoms with E-state index in [2.05, 4.69) is 80.7 Å². The van der Waals surface area contributed by atoms with Gasteiger partial charge in [0.05, 0.1) is 6.10 Å². The Bertz CT molecular complexity index is 526. The fourth-order valence-corrected chi connectivity index (χ4v) is 2.91. The molecule has 0 saturated carbocycles. The van der Waals surface area contributed by atoms with Crippen molar-refractivity contribution >= 4 is 0 Å². The number of benzene rings is 2. The van der Waals surface area contributed by atoms with E-state index in [4.69, 9.17) is 4.74 Å². The molecule has 0 amide bonds. The molecule has 0 heterocycles. The molecule has 3 unspecified atom stereocenters. The first kappa shape index (κ1) is 16.7. The number of hydrogen-bond donors (Lipinski definition) is 1. The maximum absolute atomic E-state index is 5.98. The molecule has 2 heteroatoms. The highest BCUT2D eigenvalue weighted by Gasteiger charge is 2.20. The van der Waals surface area contributed by atoms with Crippen LogP contribution in [0.25, 0.3) is 0 Å². The van der Waals surface area contributed by atoms with Crippen LogP contribution < -0.4 is 5.32 Å². The summed E-state index contributed by atoms with van der Waals surface area (Å²) in [5, 5.41) is 3.69. The molecule has 0 fully saturated rings. The van der Waals surface area contributed by atoms with Gasteiger partial charge in [-0.2, -0.15) is 0 Å². The van der Waals surface area contributed by atoms with Gasteiger partial charge in [0, 0.05) is 18.7 Å². The normalized spacial score (nSPS) is 15.2. The second kappa shape index (κ2) is 8.72. The van der Waals surface area contributed by atoms with Gasteiger partial charge in [-0.25, -0.2) is 0 Å². The average Bonchev–Trinajstić information content (AvgIpc) is 2.54. The molecule has 0 radical (unpaired) electrons. The molecule has 118 valence electrons. The molecule has 0 aliphatic rings. The second-order valence-corrected chi connectivity index (χ2v) is 5.83. The summed E-state index contributed by atoms with van der Waals surface area (Å²) in [7, 11) is 0. The van der Waals surface area contributed by atoms with Crippen molar-refractivity contribution in [3.8, 4) is 0 Å². The van der Waals surface area contributed by atoms with Crippen LogP contribution in [0.1, 0.15) is 38.0 Å². The first-order valence-corrected chi connectivity index (χ1v) is 8.17. The average molecular weight is 297 g/mol. The van der Waals surface area contributed by atoms with Crippen LogP contribution in [-0.2, 0) is 11.2 Å². The highest BCUT2D eigenvalue weighted by molar-refractivity contribution is 5.19. The van der Waals surface area contributed by atoms with Crippen molar-refractivity contribution in [2.24, 2.45) is 0 Å². The molecule has 0 aromatic heterocycles. The van der Waals surface area contributed by atoms with Crippen molar-refractivity contribution in [1.29, 1.82) is 0 Å². The Morgan fingerprint density at radius 3 is 2.09 bits per heavy atom. The second-order valence-electron chi connectivity index (χ2n) is 5.83. The van der Waals surface area contributed by atoms with E-state index in [1.165, 1.54) is 11.1 Å². The molecule has 2 aromatic carbocycles. The van der Waals surface area contributed by atoms with Crippen molar-refractivity contribution in [2.45, 2.75) is 45.4 Å². The van der Waals surface area contributed by atoms with Gasteiger partial charge in [0.2, 0.25) is 0 Å². The molecule has 0 aliphatic heterocycles. The monoisotopic (exact) mass is 297 g/mol. The Balaban J connectivity index is 1.97. The van der Waals surface area contributed by atoms with Gasteiger partial charge in [0.15, 0.2) is 0 Å². The van der Waals surface area contributed by atoms with Crippen LogP contribution in [0.5, 0.6) is 0 Å². The molecule has 3 atom stereocenters. The third-order valence-electron chi connectivity index (χ3n) is 3.86. The van der Waals surface area contributed by atoms with E-state index in [0.29, 0.717) is 6.04 Å². The topological polar surface area (TPSA) is 21.3 Å². The number of hydrogen-bond acceptors (Lipinski definition) is 2. The first-order valence-electron chi connectivity index (χ1n) is 8.17. The van der Waals surface area contributed by atoms with Crippen LogP contribution in [0.2, 0.25) is 0 Å². The van der Waals surface area contributed by atoms with Crippen molar-refractivity contribution in [3.63, 3.8) is 0 Å². The first-order chi connectivity index (χ1) is 10.7. The lowest BCUT2D eigenvalue weighted by atomic mass is 10.0. The number of ether oxygens (including phenoxy) is 1. The number of rotatable bonds is 8. The van der Waals surface area contributed by atoms with Crippen molar-refractivity contribution in [2.75, 3.05) is 6.61 Å². The molecular weight excluding hydrogens is 270 g/mol. The molecule has 22 heavy (non-hydrogen) atoms. The summed E-state index contributed by atoms with van der Waals surface area (Å²) in [5.74, 6) is 0. The minimum atomic E-state index is 0.0874. The summed E-state index contributed by atoms with van der Waals surface area (Å²) in [4.78, 5) is 0. The summed E-state index contributed by atoms with van der Waals surface area (Å²) in [6.07, 6.45) is 1.11. The van der Waals surface area contributed by atoms with Gasteiger partial charge in [0.1, 0.15) is 0 Å². The molecule has 2 nitrogen and oxygen atoms in total. The van der Waals surface area contributed by atoms with Gasteiger partial charge in [-0.15, -0.1) is 0 Å². The van der Waals surface area contributed by atoms with Crippen LogP contribution >= 0.6 is 0 Å². The minimum absolute atomic E-state index is 0.0874. The third-order valence-corrected chi connectivity index (χ3v) is 3.86. The van der Waals surface area contributed by atoms with Crippen molar-refractivity contribution in [1.82, 2.24) is 5.32 Å². The smallest absolute Gasteiger partial charge is 0.0974 e. The third kappa shape index (κ3) is 4.97. The molecule has 0 bridgehead atoms. The Morgan fingerprint density at radius 2 is 1.50 bits per heavy atom. The van der Waals surface area contributed by atoms with Gasteiger partial charge in [-0.05, 0) is 38.3 Å². The molecule has 2 rings (SSSR count). The lowest BCUT2D eigenvalue weighted by Crippen LogP contribution is -2.40. The zero-order chi connectivity index (χ0) is 15.8. The van der Waals surface area contributed by atoms with Crippen molar-refractivity contribution < 1.29 is 4.74 Å². The van der Waals surface area contributed by atoms with E-state index in [0.717, 1.165) is 13.0 Å². The molecule has 0 spiro atoms. The van der Waals surface area contributed by atoms with Crippen LogP contribution in [0.4, 0.5) is 0 Å². The zero-order valence-electron chi connectivity index (χ0n) is 13.8. The molecule has 1 N–H and O–H groups in total. The van der Waals surface area contributed by atoms with E-state index in [1.54, 1.807) is 0 Å². The quantitative estimate of drug-likeness (QED) is 0.781. The van der Waals surface area contributed by atoms with Gasteiger partial charge < -0.3 is 10.1 Å². The Morgan fingerprint density at radius 1 is 0.909 bits per heavy atom. The SMILES string of the molecule is CCOC(c1ccccc1)C(C)NC(C)Cc1ccccc1. The van der Waals surface area contributed by atoms with Crippen LogP contribution in [-0.4, -0.2) is 18.7 Å². The van der Waals surface area contributed by atoms with Crippen molar-refractivity contribution in [3.05, 3.63) is 71.8 Å². The standard InChI is InChI=1S/C20H27NO/c1-4-22-20(19-13-9-6-10-14-19)17(3)21-16(2)15-18-11-7-5-8-12-18/h5-14,16-17,20-21H,4,15H2,1-3H3. The predicted octanol–water partition coefficient (Wildman–Crippen LogP) is 4.37. The van der Waals surface area contributed by atoms with E-state index in [-0.39, 0.29) is 12.1 Å². The Kier molecular flexibility index (Phi) is 6.63. The van der Waals surface area contributed by atoms with Gasteiger partial charge in [0.25, 0.3) is 0 Å². The summed E-state index contributed by atoms with van der Waals surface area (Å²) in [6, 6.07) is 21.7. The zero-order valence-corrected chi connectivity index (χ0v) is 13.8. The summed E-state index contributed by atoms with van der Waals surface area (Å²) in [5.41, 5.74) is 2.60. The van der Waals surface area contributed by atoms with Crippen LogP contribution in [0.15, 0.2) is 60.7 Å². The highest BCUT2D eigenvalue weighted by Crippen LogP contribution is 2.21. The fraction of sp³-hybridized carbons (Fsp3) is 0.400.